The van der Waals surface area contributed by atoms with Gasteiger partial charge in [0.05, 0.1) is 26.5 Å². The number of hydrogen-bond donors (Lipinski definition) is 0. The number of fused-ring (bicyclic) bond motifs is 1. The van der Waals surface area contributed by atoms with Crippen LogP contribution in [0.2, 0.25) is 0 Å². The lowest BCUT2D eigenvalue weighted by Crippen LogP contribution is -2.39. The number of rotatable bonds is 1. The Bertz CT molecular complexity index is 786. The molecule has 18 heavy (non-hydrogen) atoms. The van der Waals surface area contributed by atoms with Crippen molar-refractivity contribution in [1.82, 2.24) is 4.57 Å². The first-order valence-electron chi connectivity index (χ1n) is 5.64. The Hall–Kier alpha value is -2.43. The Balaban J connectivity index is 2.47. The Morgan fingerprint density at radius 1 is 1.06 bits per heavy atom. The summed E-state index contributed by atoms with van der Waals surface area (Å²) in [6.45, 7) is 0. The summed E-state index contributed by atoms with van der Waals surface area (Å²) in [5, 5.41) is 0. The van der Waals surface area contributed by atoms with E-state index in [2.05, 4.69) is 0 Å². The SMILES string of the molecule is C[n+]1ccccc1-n1c(=O)oc2ccc[n+](C)c21. The van der Waals surface area contributed by atoms with Crippen molar-refractivity contribution >= 4 is 11.2 Å². The molecule has 3 aromatic heterocycles. The zero-order valence-corrected chi connectivity index (χ0v) is 10.2. The molecule has 0 aliphatic carbocycles. The van der Waals surface area contributed by atoms with E-state index in [9.17, 15) is 4.79 Å². The number of oxazole rings is 1. The minimum atomic E-state index is -0.381. The fourth-order valence-corrected chi connectivity index (χ4v) is 2.10. The van der Waals surface area contributed by atoms with Crippen molar-refractivity contribution in [2.45, 2.75) is 0 Å². The summed E-state index contributed by atoms with van der Waals surface area (Å²) in [7, 11) is 3.78. The maximum absolute atomic E-state index is 12.0. The first kappa shape index (κ1) is 10.7. The predicted molar refractivity (Wildman–Crippen MR) is 64.2 cm³/mol. The quantitative estimate of drug-likeness (QED) is 0.574. The van der Waals surface area contributed by atoms with Crippen molar-refractivity contribution in [3.05, 3.63) is 53.3 Å². The lowest BCUT2D eigenvalue weighted by molar-refractivity contribution is -0.669. The van der Waals surface area contributed by atoms with Gasteiger partial charge in [0.2, 0.25) is 5.58 Å². The van der Waals surface area contributed by atoms with Crippen molar-refractivity contribution in [2.75, 3.05) is 0 Å². The van der Waals surface area contributed by atoms with Crippen LogP contribution < -0.4 is 14.9 Å². The molecule has 0 spiro atoms. The topological polar surface area (TPSA) is 42.9 Å². The number of pyridine rings is 2. The van der Waals surface area contributed by atoms with Crippen LogP contribution in [-0.2, 0) is 14.1 Å². The lowest BCUT2D eigenvalue weighted by Gasteiger charge is -1.98. The molecule has 0 amide bonds. The van der Waals surface area contributed by atoms with Crippen LogP contribution in [0.25, 0.3) is 17.0 Å². The van der Waals surface area contributed by atoms with Gasteiger partial charge in [-0.1, -0.05) is 10.6 Å². The van der Waals surface area contributed by atoms with Crippen LogP contribution in [0, 0.1) is 0 Å². The summed E-state index contributed by atoms with van der Waals surface area (Å²) in [4.78, 5) is 12.0. The summed E-state index contributed by atoms with van der Waals surface area (Å²) in [6.07, 6.45) is 3.78. The summed E-state index contributed by atoms with van der Waals surface area (Å²) >= 11 is 0. The maximum Gasteiger partial charge on any atom is 0.521 e. The van der Waals surface area contributed by atoms with Crippen LogP contribution >= 0.6 is 0 Å². The third-order valence-electron chi connectivity index (χ3n) is 2.96. The molecule has 5 nitrogen and oxygen atoms in total. The number of aryl methyl sites for hydroxylation is 2. The summed E-state index contributed by atoms with van der Waals surface area (Å²) < 4.78 is 10.6. The van der Waals surface area contributed by atoms with E-state index in [1.54, 1.807) is 10.6 Å². The fourth-order valence-electron chi connectivity index (χ4n) is 2.10. The summed E-state index contributed by atoms with van der Waals surface area (Å²) in [5.41, 5.74) is 1.32. The monoisotopic (exact) mass is 243 g/mol. The second-order valence-electron chi connectivity index (χ2n) is 4.18. The van der Waals surface area contributed by atoms with Crippen molar-refractivity contribution < 1.29 is 13.6 Å². The number of aromatic nitrogens is 3. The van der Waals surface area contributed by atoms with Gasteiger partial charge in [0.25, 0.3) is 5.82 Å². The molecule has 0 unspecified atom stereocenters. The number of nitrogens with zero attached hydrogens (tertiary/aromatic N) is 3. The zero-order valence-electron chi connectivity index (χ0n) is 10.2. The van der Waals surface area contributed by atoms with Crippen molar-refractivity contribution in [2.24, 2.45) is 14.1 Å². The van der Waals surface area contributed by atoms with Gasteiger partial charge in [0.15, 0.2) is 0 Å². The molecule has 0 N–H and O–H groups in total. The van der Waals surface area contributed by atoms with Gasteiger partial charge in [0, 0.05) is 6.07 Å². The first-order valence-corrected chi connectivity index (χ1v) is 5.64. The fraction of sp³-hybridized carbons (Fsp3) is 0.154. The average molecular weight is 243 g/mol. The molecule has 0 bridgehead atoms. The van der Waals surface area contributed by atoms with Gasteiger partial charge < -0.3 is 4.42 Å². The van der Waals surface area contributed by atoms with Crippen molar-refractivity contribution in [1.29, 1.82) is 0 Å². The minimum absolute atomic E-state index is 0.381. The molecular weight excluding hydrogens is 230 g/mol. The molecule has 0 radical (unpaired) electrons. The molecule has 0 fully saturated rings. The molecule has 0 saturated carbocycles. The molecule has 90 valence electrons. The molecule has 0 aliphatic heterocycles. The highest BCUT2D eigenvalue weighted by molar-refractivity contribution is 5.65. The van der Waals surface area contributed by atoms with Crippen LogP contribution in [0.5, 0.6) is 0 Å². The molecule has 0 aliphatic rings. The Labute approximate surface area is 103 Å². The molecule has 0 atom stereocenters. The van der Waals surface area contributed by atoms with Crippen LogP contribution in [-0.4, -0.2) is 4.57 Å². The van der Waals surface area contributed by atoms with E-state index in [4.69, 9.17) is 4.42 Å². The van der Waals surface area contributed by atoms with E-state index in [0.29, 0.717) is 5.58 Å². The van der Waals surface area contributed by atoms with E-state index in [-0.39, 0.29) is 5.76 Å². The van der Waals surface area contributed by atoms with Gasteiger partial charge in [-0.25, -0.2) is 9.13 Å². The standard InChI is InChI=1S/C13H13N3O2/c1-14-8-4-3-7-11(14)16-12-10(18-13(16)17)6-5-9-15(12)2/h3-9H,1-2H3/q+2. The highest BCUT2D eigenvalue weighted by atomic mass is 16.4. The van der Waals surface area contributed by atoms with E-state index in [0.717, 1.165) is 11.5 Å². The highest BCUT2D eigenvalue weighted by Crippen LogP contribution is 2.10. The molecule has 3 aromatic rings. The second kappa shape index (κ2) is 3.80. The molecule has 3 rings (SSSR count). The second-order valence-corrected chi connectivity index (χ2v) is 4.18. The van der Waals surface area contributed by atoms with Crippen molar-refractivity contribution in [3.8, 4) is 5.82 Å². The van der Waals surface area contributed by atoms with Gasteiger partial charge in [-0.05, 0) is 18.2 Å². The van der Waals surface area contributed by atoms with Crippen LogP contribution in [0.15, 0.2) is 51.9 Å². The number of hydrogen-bond acceptors (Lipinski definition) is 2. The molecule has 0 aromatic carbocycles. The van der Waals surface area contributed by atoms with Gasteiger partial charge >= 0.3 is 11.4 Å². The third kappa shape index (κ3) is 1.44. The van der Waals surface area contributed by atoms with Gasteiger partial charge in [-0.3, -0.25) is 0 Å². The largest absolute Gasteiger partial charge is 0.521 e. The Morgan fingerprint density at radius 3 is 2.61 bits per heavy atom. The molecule has 0 saturated heterocycles. The highest BCUT2D eigenvalue weighted by Gasteiger charge is 2.24. The van der Waals surface area contributed by atoms with Crippen LogP contribution in [0.4, 0.5) is 0 Å². The van der Waals surface area contributed by atoms with Gasteiger partial charge in [0.1, 0.15) is 0 Å². The summed E-state index contributed by atoms with van der Waals surface area (Å²) in [5.74, 6) is 0.386. The van der Waals surface area contributed by atoms with E-state index in [1.807, 2.05) is 59.9 Å². The first-order chi connectivity index (χ1) is 8.68. The van der Waals surface area contributed by atoms with Crippen LogP contribution in [0.3, 0.4) is 0 Å². The maximum atomic E-state index is 12.0. The molecule has 5 heteroatoms. The zero-order chi connectivity index (χ0) is 12.7. The predicted octanol–water partition coefficient (Wildman–Crippen LogP) is 0.233. The third-order valence-corrected chi connectivity index (χ3v) is 2.96. The van der Waals surface area contributed by atoms with E-state index >= 15 is 0 Å². The smallest absolute Gasteiger partial charge is 0.383 e. The molecule has 3 heterocycles. The Kier molecular flexibility index (Phi) is 2.26. The van der Waals surface area contributed by atoms with Crippen molar-refractivity contribution in [3.63, 3.8) is 0 Å². The Morgan fingerprint density at radius 2 is 1.83 bits per heavy atom. The normalized spacial score (nSPS) is 11.0. The van der Waals surface area contributed by atoms with E-state index < -0.39 is 0 Å². The lowest BCUT2D eigenvalue weighted by atomic mass is 10.4. The van der Waals surface area contributed by atoms with Gasteiger partial charge in [-0.15, -0.1) is 0 Å². The molecular formula is C13H13N3O2+2. The average Bonchev–Trinajstić information content (AvgIpc) is 2.68. The van der Waals surface area contributed by atoms with E-state index in [1.165, 1.54) is 0 Å². The van der Waals surface area contributed by atoms with Gasteiger partial charge in [-0.2, -0.15) is 4.79 Å². The summed E-state index contributed by atoms with van der Waals surface area (Å²) in [6, 6.07) is 9.32. The van der Waals surface area contributed by atoms with Crippen LogP contribution in [0.1, 0.15) is 0 Å². The minimum Gasteiger partial charge on any atom is -0.383 e.